The van der Waals surface area contributed by atoms with Gasteiger partial charge < -0.3 is 14.6 Å². The van der Waals surface area contributed by atoms with Crippen LogP contribution in [0.15, 0.2) is 23.1 Å². The number of nitrogens with one attached hydrogen (secondary N) is 1. The minimum atomic E-state index is -4.23. The maximum absolute atomic E-state index is 12.4. The molecule has 2 unspecified atom stereocenters. The number of carbonyl (C=O) groups excluding carboxylic acids is 2. The molecule has 0 aromatic heterocycles. The first-order valence-corrected chi connectivity index (χ1v) is 10.0. The molecule has 11 heteroatoms. The van der Waals surface area contributed by atoms with Gasteiger partial charge in [0, 0.05) is 0 Å². The van der Waals surface area contributed by atoms with Crippen molar-refractivity contribution >= 4 is 45.2 Å². The monoisotopic (exact) mass is 441 g/mol. The summed E-state index contributed by atoms with van der Waals surface area (Å²) in [5.74, 6) is -1.95. The SMILES string of the molecule is CC(O)C(NS(=O)(=O)c1ccc(Cl)c(Cl)c1)C(=O)OCC(=O)OC(C)(C)C. The first-order valence-electron chi connectivity index (χ1n) is 7.77. The number of esters is 2. The van der Waals surface area contributed by atoms with E-state index < -0.39 is 46.3 Å². The average Bonchev–Trinajstić information content (AvgIpc) is 2.51. The Balaban J connectivity index is 2.87. The van der Waals surface area contributed by atoms with Crippen molar-refractivity contribution in [1.82, 2.24) is 4.72 Å². The smallest absolute Gasteiger partial charge is 0.344 e. The quantitative estimate of drug-likeness (QED) is 0.619. The molecule has 0 heterocycles. The van der Waals surface area contributed by atoms with Crippen LogP contribution in [0.1, 0.15) is 27.7 Å². The van der Waals surface area contributed by atoms with Crippen molar-refractivity contribution in [1.29, 1.82) is 0 Å². The van der Waals surface area contributed by atoms with E-state index in [1.807, 2.05) is 4.72 Å². The zero-order valence-corrected chi connectivity index (χ0v) is 17.5. The molecule has 2 N–H and O–H groups in total. The molecule has 1 aromatic carbocycles. The highest BCUT2D eigenvalue weighted by molar-refractivity contribution is 7.89. The molecule has 27 heavy (non-hydrogen) atoms. The number of benzene rings is 1. The van der Waals surface area contributed by atoms with Crippen LogP contribution in [0.4, 0.5) is 0 Å². The number of carbonyl (C=O) groups is 2. The lowest BCUT2D eigenvalue weighted by atomic mass is 10.2. The van der Waals surface area contributed by atoms with E-state index in [1.165, 1.54) is 19.1 Å². The summed E-state index contributed by atoms with van der Waals surface area (Å²) >= 11 is 11.6. The number of hydrogen-bond acceptors (Lipinski definition) is 7. The van der Waals surface area contributed by atoms with E-state index in [0.29, 0.717) is 0 Å². The number of rotatable bonds is 7. The predicted octanol–water partition coefficient (Wildman–Crippen LogP) is 1.91. The molecule has 0 saturated carbocycles. The van der Waals surface area contributed by atoms with Gasteiger partial charge in [-0.1, -0.05) is 23.2 Å². The van der Waals surface area contributed by atoms with E-state index in [1.54, 1.807) is 20.8 Å². The van der Waals surface area contributed by atoms with Crippen molar-refractivity contribution in [3.63, 3.8) is 0 Å². The Morgan fingerprint density at radius 3 is 2.30 bits per heavy atom. The Morgan fingerprint density at radius 1 is 1.22 bits per heavy atom. The highest BCUT2D eigenvalue weighted by Crippen LogP contribution is 2.25. The molecule has 0 saturated heterocycles. The van der Waals surface area contributed by atoms with Gasteiger partial charge in [-0.3, -0.25) is 4.79 Å². The lowest BCUT2D eigenvalue weighted by molar-refractivity contribution is -0.168. The van der Waals surface area contributed by atoms with Crippen LogP contribution in [-0.2, 0) is 29.1 Å². The molecule has 0 fully saturated rings. The first-order chi connectivity index (χ1) is 12.2. The number of halogens is 2. The number of sulfonamides is 1. The van der Waals surface area contributed by atoms with Crippen LogP contribution in [0.5, 0.6) is 0 Å². The minimum Gasteiger partial charge on any atom is -0.457 e. The van der Waals surface area contributed by atoms with Crippen molar-refractivity contribution in [3.8, 4) is 0 Å². The molecule has 0 amide bonds. The fourth-order valence-electron chi connectivity index (χ4n) is 1.81. The van der Waals surface area contributed by atoms with Gasteiger partial charge in [-0.15, -0.1) is 0 Å². The van der Waals surface area contributed by atoms with Gasteiger partial charge in [0.1, 0.15) is 11.6 Å². The van der Waals surface area contributed by atoms with Gasteiger partial charge in [-0.25, -0.2) is 13.2 Å². The van der Waals surface area contributed by atoms with Gasteiger partial charge in [-0.05, 0) is 45.9 Å². The summed E-state index contributed by atoms with van der Waals surface area (Å²) in [4.78, 5) is 23.5. The summed E-state index contributed by atoms with van der Waals surface area (Å²) in [7, 11) is -4.23. The zero-order valence-electron chi connectivity index (χ0n) is 15.2. The topological polar surface area (TPSA) is 119 Å². The fourth-order valence-corrected chi connectivity index (χ4v) is 3.46. The van der Waals surface area contributed by atoms with E-state index >= 15 is 0 Å². The van der Waals surface area contributed by atoms with Gasteiger partial charge in [0.15, 0.2) is 6.61 Å². The molecule has 1 rings (SSSR count). The predicted molar refractivity (Wildman–Crippen MR) is 99.1 cm³/mol. The molecular weight excluding hydrogens is 421 g/mol. The summed E-state index contributed by atoms with van der Waals surface area (Å²) in [5, 5.41) is 9.90. The first kappa shape index (κ1) is 23.6. The Labute approximate surface area is 167 Å². The Bertz CT molecular complexity index is 803. The van der Waals surface area contributed by atoms with Crippen molar-refractivity contribution in [2.24, 2.45) is 0 Å². The van der Waals surface area contributed by atoms with E-state index in [-0.39, 0.29) is 14.9 Å². The fraction of sp³-hybridized carbons (Fsp3) is 0.500. The highest BCUT2D eigenvalue weighted by Gasteiger charge is 2.32. The minimum absolute atomic E-state index is 0.000593. The van der Waals surface area contributed by atoms with Gasteiger partial charge in [-0.2, -0.15) is 4.72 Å². The van der Waals surface area contributed by atoms with Gasteiger partial charge in [0.25, 0.3) is 0 Å². The van der Waals surface area contributed by atoms with Crippen molar-refractivity contribution in [2.75, 3.05) is 6.61 Å². The normalized spacial score (nSPS) is 14.3. The number of aliphatic hydroxyl groups is 1. The number of hydrogen-bond donors (Lipinski definition) is 2. The average molecular weight is 442 g/mol. The Kier molecular flexibility index (Phi) is 8.06. The zero-order chi connectivity index (χ0) is 21.0. The molecule has 1 aromatic rings. The molecule has 8 nitrogen and oxygen atoms in total. The largest absolute Gasteiger partial charge is 0.457 e. The van der Waals surface area contributed by atoms with E-state index in [2.05, 4.69) is 0 Å². The van der Waals surface area contributed by atoms with E-state index in [4.69, 9.17) is 32.7 Å². The third-order valence-corrected chi connectivity index (χ3v) is 5.15. The van der Waals surface area contributed by atoms with Crippen LogP contribution in [-0.4, -0.2) is 49.8 Å². The third-order valence-electron chi connectivity index (χ3n) is 2.97. The molecule has 0 aliphatic carbocycles. The summed E-state index contributed by atoms with van der Waals surface area (Å²) < 4.78 is 36.6. The molecule has 0 radical (unpaired) electrons. The maximum atomic E-state index is 12.4. The van der Waals surface area contributed by atoms with Crippen molar-refractivity contribution in [3.05, 3.63) is 28.2 Å². The summed E-state index contributed by atoms with van der Waals surface area (Å²) in [6, 6.07) is 1.90. The van der Waals surface area contributed by atoms with E-state index in [9.17, 15) is 23.1 Å². The second-order valence-corrected chi connectivity index (χ2v) is 9.14. The third kappa shape index (κ3) is 7.63. The Hall–Kier alpha value is -1.39. The summed E-state index contributed by atoms with van der Waals surface area (Å²) in [6.45, 7) is 5.37. The molecule has 0 aliphatic heterocycles. The second-order valence-electron chi connectivity index (χ2n) is 6.61. The van der Waals surface area contributed by atoms with Crippen LogP contribution in [0, 0.1) is 0 Å². The van der Waals surface area contributed by atoms with Crippen LogP contribution in [0.3, 0.4) is 0 Å². The standard InChI is InChI=1S/C16H21Cl2NO7S/c1-9(20)14(15(22)25-8-13(21)26-16(2,3)4)19-27(23,24)10-5-6-11(17)12(18)7-10/h5-7,9,14,19-20H,8H2,1-4H3. The summed E-state index contributed by atoms with van der Waals surface area (Å²) in [5.41, 5.74) is -0.775. The van der Waals surface area contributed by atoms with Crippen LogP contribution in [0.25, 0.3) is 0 Å². The molecule has 0 bridgehead atoms. The van der Waals surface area contributed by atoms with E-state index in [0.717, 1.165) is 6.07 Å². The van der Waals surface area contributed by atoms with Crippen LogP contribution in [0.2, 0.25) is 10.0 Å². The second kappa shape index (κ2) is 9.20. The number of ether oxygens (including phenoxy) is 2. The Morgan fingerprint density at radius 2 is 1.81 bits per heavy atom. The van der Waals surface area contributed by atoms with Crippen LogP contribution < -0.4 is 4.72 Å². The molecule has 0 spiro atoms. The number of aliphatic hydroxyl groups excluding tert-OH is 1. The van der Waals surface area contributed by atoms with Crippen LogP contribution >= 0.6 is 23.2 Å². The lowest BCUT2D eigenvalue weighted by Crippen LogP contribution is -2.48. The summed E-state index contributed by atoms with van der Waals surface area (Å²) in [6.07, 6.45) is -1.44. The van der Waals surface area contributed by atoms with Crippen molar-refractivity contribution in [2.45, 2.75) is 50.3 Å². The molecule has 152 valence electrons. The van der Waals surface area contributed by atoms with Gasteiger partial charge in [0.05, 0.1) is 21.0 Å². The van der Waals surface area contributed by atoms with Crippen molar-refractivity contribution < 1.29 is 32.6 Å². The molecular formula is C16H21Cl2NO7S. The molecule has 2 atom stereocenters. The van der Waals surface area contributed by atoms with Gasteiger partial charge >= 0.3 is 11.9 Å². The molecule has 0 aliphatic rings. The maximum Gasteiger partial charge on any atom is 0.344 e. The highest BCUT2D eigenvalue weighted by atomic mass is 35.5. The lowest BCUT2D eigenvalue weighted by Gasteiger charge is -2.22. The van der Waals surface area contributed by atoms with Gasteiger partial charge in [0.2, 0.25) is 10.0 Å².